The van der Waals surface area contributed by atoms with Gasteiger partial charge in [0.2, 0.25) is 0 Å². The lowest BCUT2D eigenvalue weighted by molar-refractivity contribution is 0.200. The number of likely N-dealkylation sites (N-methyl/N-ethyl adjacent to an activating group) is 1. The molecule has 0 saturated heterocycles. The molecule has 0 fully saturated rings. The van der Waals surface area contributed by atoms with E-state index in [1.807, 2.05) is 17.8 Å². The number of hydrogen-bond acceptors (Lipinski definition) is 3. The summed E-state index contributed by atoms with van der Waals surface area (Å²) < 4.78 is 1.86. The smallest absolute Gasteiger partial charge is 0.191 e. The highest BCUT2D eigenvalue weighted by Crippen LogP contribution is 2.16. The molecular formula is C17H34N6. The van der Waals surface area contributed by atoms with Gasteiger partial charge in [0.15, 0.2) is 5.96 Å². The first-order chi connectivity index (χ1) is 11.0. The van der Waals surface area contributed by atoms with Crippen molar-refractivity contribution in [3.63, 3.8) is 0 Å². The molecule has 6 heteroatoms. The highest BCUT2D eigenvalue weighted by Gasteiger charge is 2.20. The van der Waals surface area contributed by atoms with Crippen LogP contribution < -0.4 is 10.6 Å². The highest BCUT2D eigenvalue weighted by atomic mass is 15.3. The molecule has 1 heterocycles. The van der Waals surface area contributed by atoms with Gasteiger partial charge in [-0.2, -0.15) is 5.10 Å². The third kappa shape index (κ3) is 6.22. The molecule has 0 aromatic carbocycles. The standard InChI is InChI=1S/C17H34N6/c1-7-14(8-2)16(22(4)5)13-20-17(18-9-3)19-12-15-10-11-21-23(15)6/h10-11,14,16H,7-9,12-13H2,1-6H3,(H2,18,19,20). The Kier molecular flexibility index (Phi) is 8.69. The van der Waals surface area contributed by atoms with Crippen molar-refractivity contribution in [1.29, 1.82) is 0 Å². The molecule has 0 amide bonds. The molecule has 6 nitrogen and oxygen atoms in total. The van der Waals surface area contributed by atoms with Crippen molar-refractivity contribution in [2.45, 2.75) is 46.2 Å². The maximum Gasteiger partial charge on any atom is 0.191 e. The van der Waals surface area contributed by atoms with Gasteiger partial charge in [-0.25, -0.2) is 4.99 Å². The van der Waals surface area contributed by atoms with Gasteiger partial charge >= 0.3 is 0 Å². The van der Waals surface area contributed by atoms with E-state index in [0.717, 1.165) is 24.7 Å². The van der Waals surface area contributed by atoms with E-state index in [0.29, 0.717) is 18.5 Å². The molecule has 0 aliphatic carbocycles. The molecule has 0 radical (unpaired) electrons. The summed E-state index contributed by atoms with van der Waals surface area (Å²) in [4.78, 5) is 6.99. The van der Waals surface area contributed by atoms with Gasteiger partial charge in [-0.15, -0.1) is 0 Å². The summed E-state index contributed by atoms with van der Waals surface area (Å²) in [5.74, 6) is 1.56. The van der Waals surface area contributed by atoms with E-state index < -0.39 is 0 Å². The lowest BCUT2D eigenvalue weighted by Gasteiger charge is -2.32. The molecule has 1 rings (SSSR count). The van der Waals surface area contributed by atoms with Crippen molar-refractivity contribution in [3.05, 3.63) is 18.0 Å². The molecule has 0 aliphatic heterocycles. The minimum atomic E-state index is 0.505. The largest absolute Gasteiger partial charge is 0.357 e. The Morgan fingerprint density at radius 1 is 1.26 bits per heavy atom. The molecule has 1 atom stereocenters. The van der Waals surface area contributed by atoms with E-state index in [-0.39, 0.29) is 0 Å². The second-order valence-corrected chi connectivity index (χ2v) is 6.13. The number of aliphatic imine (C=N–C) groups is 1. The first kappa shape index (κ1) is 19.5. The van der Waals surface area contributed by atoms with Crippen LogP contribution in [0.4, 0.5) is 0 Å². The van der Waals surface area contributed by atoms with Gasteiger partial charge in [0.05, 0.1) is 12.2 Å². The van der Waals surface area contributed by atoms with Crippen LogP contribution in [0.25, 0.3) is 0 Å². The average molecular weight is 323 g/mol. The second-order valence-electron chi connectivity index (χ2n) is 6.13. The van der Waals surface area contributed by atoms with Crippen molar-refractivity contribution < 1.29 is 0 Å². The first-order valence-electron chi connectivity index (χ1n) is 8.68. The third-order valence-corrected chi connectivity index (χ3v) is 4.40. The first-order valence-corrected chi connectivity index (χ1v) is 8.68. The topological polar surface area (TPSA) is 57.5 Å². The molecule has 0 aliphatic rings. The number of nitrogens with zero attached hydrogens (tertiary/aromatic N) is 4. The maximum atomic E-state index is 4.67. The molecular weight excluding hydrogens is 288 g/mol. The van der Waals surface area contributed by atoms with E-state index in [1.165, 1.54) is 12.8 Å². The van der Waals surface area contributed by atoms with Crippen LogP contribution >= 0.6 is 0 Å². The molecule has 23 heavy (non-hydrogen) atoms. The zero-order valence-corrected chi connectivity index (χ0v) is 15.6. The number of guanidine groups is 1. The van der Waals surface area contributed by atoms with Crippen molar-refractivity contribution in [2.75, 3.05) is 27.2 Å². The van der Waals surface area contributed by atoms with Crippen LogP contribution in [0.15, 0.2) is 17.3 Å². The molecule has 1 unspecified atom stereocenters. The molecule has 1 aromatic rings. The summed E-state index contributed by atoms with van der Waals surface area (Å²) in [6, 6.07) is 2.51. The highest BCUT2D eigenvalue weighted by molar-refractivity contribution is 5.79. The zero-order chi connectivity index (χ0) is 17.2. The van der Waals surface area contributed by atoms with E-state index in [1.54, 1.807) is 6.20 Å². The van der Waals surface area contributed by atoms with Gasteiger partial charge in [0.25, 0.3) is 0 Å². The monoisotopic (exact) mass is 322 g/mol. The number of aromatic nitrogens is 2. The van der Waals surface area contributed by atoms with Gasteiger partial charge < -0.3 is 15.5 Å². The Hall–Kier alpha value is -1.56. The summed E-state index contributed by atoms with van der Waals surface area (Å²) >= 11 is 0. The van der Waals surface area contributed by atoms with Crippen molar-refractivity contribution in [2.24, 2.45) is 18.0 Å². The molecule has 0 bridgehead atoms. The minimum absolute atomic E-state index is 0.505. The molecule has 2 N–H and O–H groups in total. The third-order valence-electron chi connectivity index (χ3n) is 4.40. The summed E-state index contributed by atoms with van der Waals surface area (Å²) in [7, 11) is 6.26. The van der Waals surface area contributed by atoms with Crippen molar-refractivity contribution in [3.8, 4) is 0 Å². The van der Waals surface area contributed by atoms with E-state index in [9.17, 15) is 0 Å². The Balaban J connectivity index is 2.68. The SMILES string of the molecule is CCNC(=NCc1ccnn1C)NCC(C(CC)CC)N(C)C. The summed E-state index contributed by atoms with van der Waals surface area (Å²) in [6.07, 6.45) is 4.20. The Labute approximate surface area is 141 Å². The molecule has 1 aromatic heterocycles. The van der Waals surface area contributed by atoms with Crippen LogP contribution in [0.2, 0.25) is 0 Å². The molecule has 0 spiro atoms. The fourth-order valence-electron chi connectivity index (χ4n) is 2.86. The lowest BCUT2D eigenvalue weighted by atomic mass is 9.93. The van der Waals surface area contributed by atoms with Crippen LogP contribution in [0.1, 0.15) is 39.3 Å². The van der Waals surface area contributed by atoms with Gasteiger partial charge in [-0.3, -0.25) is 4.68 Å². The number of rotatable bonds is 9. The Morgan fingerprint density at radius 3 is 2.43 bits per heavy atom. The maximum absolute atomic E-state index is 4.67. The molecule has 132 valence electrons. The lowest BCUT2D eigenvalue weighted by Crippen LogP contribution is -2.48. The van der Waals surface area contributed by atoms with Gasteiger partial charge in [0.1, 0.15) is 0 Å². The van der Waals surface area contributed by atoms with Crippen LogP contribution in [0.5, 0.6) is 0 Å². The minimum Gasteiger partial charge on any atom is -0.357 e. The summed E-state index contributed by atoms with van der Waals surface area (Å²) in [5, 5.41) is 11.0. The zero-order valence-electron chi connectivity index (χ0n) is 15.6. The fourth-order valence-corrected chi connectivity index (χ4v) is 2.86. The average Bonchev–Trinajstić information content (AvgIpc) is 2.93. The van der Waals surface area contributed by atoms with Crippen LogP contribution in [0.3, 0.4) is 0 Å². The van der Waals surface area contributed by atoms with Crippen LogP contribution in [0, 0.1) is 5.92 Å². The second kappa shape index (κ2) is 10.3. The molecule has 0 saturated carbocycles. The number of nitrogens with one attached hydrogen (secondary N) is 2. The fraction of sp³-hybridized carbons (Fsp3) is 0.765. The Bertz CT molecular complexity index is 461. The summed E-state index contributed by atoms with van der Waals surface area (Å²) in [6.45, 7) is 9.01. The van der Waals surface area contributed by atoms with Crippen molar-refractivity contribution >= 4 is 5.96 Å². The van der Waals surface area contributed by atoms with E-state index >= 15 is 0 Å². The van der Waals surface area contributed by atoms with Gasteiger partial charge in [-0.1, -0.05) is 26.7 Å². The normalized spacial score (nSPS) is 13.7. The summed E-state index contributed by atoms with van der Waals surface area (Å²) in [5.41, 5.74) is 1.10. The predicted molar refractivity (Wildman–Crippen MR) is 97.6 cm³/mol. The van der Waals surface area contributed by atoms with Gasteiger partial charge in [-0.05, 0) is 33.0 Å². The van der Waals surface area contributed by atoms with E-state index in [2.05, 4.69) is 60.5 Å². The number of aryl methyl sites for hydroxylation is 1. The Morgan fingerprint density at radius 2 is 1.96 bits per heavy atom. The van der Waals surface area contributed by atoms with Crippen LogP contribution in [-0.2, 0) is 13.6 Å². The van der Waals surface area contributed by atoms with Gasteiger partial charge in [0, 0.05) is 32.4 Å². The number of hydrogen-bond donors (Lipinski definition) is 2. The predicted octanol–water partition coefficient (Wildman–Crippen LogP) is 1.84. The van der Waals surface area contributed by atoms with Crippen molar-refractivity contribution in [1.82, 2.24) is 25.3 Å². The van der Waals surface area contributed by atoms with E-state index in [4.69, 9.17) is 0 Å². The van der Waals surface area contributed by atoms with Crippen LogP contribution in [-0.4, -0.2) is 53.9 Å². The quantitative estimate of drug-likeness (QED) is 0.538.